The van der Waals surface area contributed by atoms with Crippen LogP contribution in [-0.4, -0.2) is 19.6 Å². The molecule has 42 valence electrons. The Morgan fingerprint density at radius 2 is 2.29 bits per heavy atom. The van der Waals surface area contributed by atoms with Gasteiger partial charge >= 0.3 is 0 Å². The summed E-state index contributed by atoms with van der Waals surface area (Å²) in [5, 5.41) is 5.58. The fourth-order valence-electron chi connectivity index (χ4n) is 0.365. The standard InChI is InChI=1S/C5H12N2/c1-5(7-3)4-6-2/h3,5-7H,4H2,1-2H3. The van der Waals surface area contributed by atoms with Crippen molar-refractivity contribution < 1.29 is 0 Å². The third kappa shape index (κ3) is 3.76. The first-order chi connectivity index (χ1) is 3.31. The normalized spacial score (nSPS) is 14.1. The van der Waals surface area contributed by atoms with Gasteiger partial charge in [-0.15, -0.1) is 0 Å². The lowest BCUT2D eigenvalue weighted by Gasteiger charge is -2.06. The minimum Gasteiger partial charge on any atom is -0.318 e. The monoisotopic (exact) mass is 100 g/mol. The van der Waals surface area contributed by atoms with Gasteiger partial charge in [-0.3, -0.25) is 0 Å². The molecule has 2 heteroatoms. The Labute approximate surface area is 45.3 Å². The van der Waals surface area contributed by atoms with Crippen molar-refractivity contribution in [2.75, 3.05) is 13.6 Å². The van der Waals surface area contributed by atoms with E-state index in [-0.39, 0.29) is 0 Å². The summed E-state index contributed by atoms with van der Waals surface area (Å²) in [7, 11) is 6.96. The second-order valence-electron chi connectivity index (χ2n) is 1.63. The zero-order valence-electron chi connectivity index (χ0n) is 4.86. The van der Waals surface area contributed by atoms with Crippen LogP contribution in [0.15, 0.2) is 0 Å². The fraction of sp³-hybridized carbons (Fsp3) is 0.800. The van der Waals surface area contributed by atoms with Gasteiger partial charge in [0.15, 0.2) is 0 Å². The van der Waals surface area contributed by atoms with Crippen molar-refractivity contribution in [1.29, 1.82) is 0 Å². The van der Waals surface area contributed by atoms with Crippen LogP contribution >= 0.6 is 0 Å². The van der Waals surface area contributed by atoms with Crippen molar-refractivity contribution in [2.24, 2.45) is 0 Å². The highest BCUT2D eigenvalue weighted by Gasteiger charge is 1.90. The van der Waals surface area contributed by atoms with Crippen molar-refractivity contribution in [3.8, 4) is 0 Å². The first-order valence-electron chi connectivity index (χ1n) is 2.42. The van der Waals surface area contributed by atoms with Crippen LogP contribution in [0.5, 0.6) is 0 Å². The Balaban J connectivity index is 2.83. The Hall–Kier alpha value is -0.0800. The molecule has 2 nitrogen and oxygen atoms in total. The van der Waals surface area contributed by atoms with Crippen LogP contribution in [0.1, 0.15) is 6.92 Å². The zero-order valence-corrected chi connectivity index (χ0v) is 4.86. The molecule has 0 saturated carbocycles. The van der Waals surface area contributed by atoms with E-state index in [1.807, 2.05) is 14.0 Å². The maximum absolute atomic E-state index is 5.07. The minimum atomic E-state index is 0.366. The van der Waals surface area contributed by atoms with Gasteiger partial charge in [-0.25, -0.2) is 0 Å². The van der Waals surface area contributed by atoms with Crippen molar-refractivity contribution in [3.05, 3.63) is 7.05 Å². The molecule has 0 fully saturated rings. The van der Waals surface area contributed by atoms with E-state index in [9.17, 15) is 0 Å². The van der Waals surface area contributed by atoms with E-state index in [2.05, 4.69) is 10.6 Å². The molecule has 0 saturated heterocycles. The van der Waals surface area contributed by atoms with Crippen molar-refractivity contribution in [1.82, 2.24) is 10.6 Å². The molecular formula is C5H12N2. The molecule has 2 radical (unpaired) electrons. The summed E-state index contributed by atoms with van der Waals surface area (Å²) < 4.78 is 0. The maximum Gasteiger partial charge on any atom is 0.0410 e. The summed E-state index contributed by atoms with van der Waals surface area (Å²) in [6.07, 6.45) is 0. The largest absolute Gasteiger partial charge is 0.318 e. The van der Waals surface area contributed by atoms with Gasteiger partial charge in [0.05, 0.1) is 0 Å². The van der Waals surface area contributed by atoms with Crippen molar-refractivity contribution in [3.63, 3.8) is 0 Å². The van der Waals surface area contributed by atoms with E-state index >= 15 is 0 Å². The van der Waals surface area contributed by atoms with E-state index in [4.69, 9.17) is 7.05 Å². The number of hydrogen-bond acceptors (Lipinski definition) is 2. The molecular weight excluding hydrogens is 88.1 g/mol. The second-order valence-corrected chi connectivity index (χ2v) is 1.63. The number of likely N-dealkylation sites (N-methyl/N-ethyl adjacent to an activating group) is 1. The van der Waals surface area contributed by atoms with E-state index in [0.29, 0.717) is 6.04 Å². The van der Waals surface area contributed by atoms with Gasteiger partial charge in [0.25, 0.3) is 0 Å². The third-order valence-electron chi connectivity index (χ3n) is 0.795. The molecule has 0 rings (SSSR count). The molecule has 0 aliphatic rings. The highest BCUT2D eigenvalue weighted by atomic mass is 14.9. The van der Waals surface area contributed by atoms with Gasteiger partial charge in [0.2, 0.25) is 0 Å². The van der Waals surface area contributed by atoms with Crippen LogP contribution in [0.2, 0.25) is 0 Å². The number of hydrogen-bond donors (Lipinski definition) is 2. The highest BCUT2D eigenvalue weighted by molar-refractivity contribution is 4.59. The summed E-state index contributed by atoms with van der Waals surface area (Å²) >= 11 is 0. The molecule has 0 aromatic heterocycles. The van der Waals surface area contributed by atoms with Crippen LogP contribution in [0, 0.1) is 7.05 Å². The SMILES string of the molecule is [CH]NC(C)CNC. The Morgan fingerprint density at radius 1 is 1.71 bits per heavy atom. The van der Waals surface area contributed by atoms with Crippen LogP contribution in [0.4, 0.5) is 0 Å². The summed E-state index contributed by atoms with van der Waals surface area (Å²) in [4.78, 5) is 0. The average molecular weight is 100 g/mol. The zero-order chi connectivity index (χ0) is 5.70. The molecule has 1 atom stereocenters. The molecule has 0 aliphatic carbocycles. The molecule has 0 aromatic rings. The first-order valence-corrected chi connectivity index (χ1v) is 2.42. The fourth-order valence-corrected chi connectivity index (χ4v) is 0.365. The molecule has 0 aliphatic heterocycles. The summed E-state index contributed by atoms with van der Waals surface area (Å²) in [5.74, 6) is 0. The third-order valence-corrected chi connectivity index (χ3v) is 0.795. The molecule has 2 N–H and O–H groups in total. The Kier molecular flexibility index (Phi) is 4.04. The average Bonchev–Trinajstić information content (AvgIpc) is 1.68. The van der Waals surface area contributed by atoms with Gasteiger partial charge in [0, 0.05) is 19.6 Å². The predicted molar refractivity (Wildman–Crippen MR) is 30.8 cm³/mol. The smallest absolute Gasteiger partial charge is 0.0410 e. The highest BCUT2D eigenvalue weighted by Crippen LogP contribution is 1.71. The van der Waals surface area contributed by atoms with E-state index in [1.54, 1.807) is 0 Å². The quantitative estimate of drug-likeness (QED) is 0.482. The Morgan fingerprint density at radius 3 is 2.43 bits per heavy atom. The lowest BCUT2D eigenvalue weighted by molar-refractivity contribution is 0.592. The predicted octanol–water partition coefficient (Wildman–Crippen LogP) is -0.148. The van der Waals surface area contributed by atoms with E-state index < -0.39 is 0 Å². The minimum absolute atomic E-state index is 0.366. The lowest BCUT2D eigenvalue weighted by Crippen LogP contribution is -2.30. The second kappa shape index (κ2) is 4.09. The topological polar surface area (TPSA) is 24.1 Å². The summed E-state index contributed by atoms with van der Waals surface area (Å²) in [6, 6.07) is 0.366. The van der Waals surface area contributed by atoms with Crippen LogP contribution < -0.4 is 10.6 Å². The number of nitrogens with one attached hydrogen (secondary N) is 2. The van der Waals surface area contributed by atoms with Crippen LogP contribution in [-0.2, 0) is 0 Å². The molecule has 0 heterocycles. The molecule has 0 bridgehead atoms. The van der Waals surface area contributed by atoms with E-state index in [0.717, 1.165) is 6.54 Å². The van der Waals surface area contributed by atoms with Gasteiger partial charge in [0.1, 0.15) is 0 Å². The van der Waals surface area contributed by atoms with Gasteiger partial charge in [-0.1, -0.05) is 0 Å². The van der Waals surface area contributed by atoms with Crippen molar-refractivity contribution >= 4 is 0 Å². The number of rotatable bonds is 3. The molecule has 1 unspecified atom stereocenters. The maximum atomic E-state index is 5.07. The lowest BCUT2D eigenvalue weighted by atomic mass is 10.3. The van der Waals surface area contributed by atoms with E-state index in [1.165, 1.54) is 0 Å². The van der Waals surface area contributed by atoms with Gasteiger partial charge in [-0.05, 0) is 14.0 Å². The van der Waals surface area contributed by atoms with Crippen LogP contribution in [0.3, 0.4) is 0 Å². The summed E-state index contributed by atoms with van der Waals surface area (Å²) in [5.41, 5.74) is 0. The molecule has 0 aromatic carbocycles. The molecule has 0 amide bonds. The Bertz CT molecular complexity index is 37.1. The molecule has 7 heavy (non-hydrogen) atoms. The van der Waals surface area contributed by atoms with Crippen LogP contribution in [0.25, 0.3) is 0 Å². The van der Waals surface area contributed by atoms with Gasteiger partial charge < -0.3 is 10.6 Å². The summed E-state index contributed by atoms with van der Waals surface area (Å²) in [6.45, 7) is 2.92. The van der Waals surface area contributed by atoms with Crippen molar-refractivity contribution in [2.45, 2.75) is 13.0 Å². The van der Waals surface area contributed by atoms with Gasteiger partial charge in [-0.2, -0.15) is 0 Å². The first kappa shape index (κ1) is 6.92. The molecule has 0 spiro atoms.